The topological polar surface area (TPSA) is 78.4 Å². The minimum absolute atomic E-state index is 0.362. The van der Waals surface area contributed by atoms with Crippen LogP contribution in [-0.4, -0.2) is 36.1 Å². The van der Waals surface area contributed by atoms with Gasteiger partial charge in [-0.15, -0.1) is 0 Å². The smallest absolute Gasteiger partial charge is 0.337 e. The molecule has 0 atom stereocenters. The molecule has 2 heterocycles. The van der Waals surface area contributed by atoms with Gasteiger partial charge in [-0.2, -0.15) is 0 Å². The summed E-state index contributed by atoms with van der Waals surface area (Å²) in [6.07, 6.45) is 3.63. The Labute approximate surface area is 195 Å². The Kier molecular flexibility index (Phi) is 5.47. The van der Waals surface area contributed by atoms with Crippen LogP contribution in [0.5, 0.6) is 0 Å². The van der Waals surface area contributed by atoms with Gasteiger partial charge in [0.25, 0.3) is 0 Å². The fourth-order valence-electron chi connectivity index (χ4n) is 3.94. The van der Waals surface area contributed by atoms with Crippen LogP contribution in [0.25, 0.3) is 44.1 Å². The molecule has 0 bridgehead atoms. The van der Waals surface area contributed by atoms with E-state index >= 15 is 0 Å². The maximum absolute atomic E-state index is 11.7. The largest absolute Gasteiger partial charge is 0.465 e. The SMILES string of the molecule is COC(=O)c1ccc(-c2cnc3c(ccc4cc(-c5ccc(C(=O)OC)cc5)cnc43)c2)cc1. The Morgan fingerprint density at radius 2 is 0.941 bits per heavy atom. The van der Waals surface area contributed by atoms with Crippen LogP contribution in [0.3, 0.4) is 0 Å². The van der Waals surface area contributed by atoms with Crippen molar-refractivity contribution in [3.63, 3.8) is 0 Å². The Hall–Kier alpha value is -4.58. The van der Waals surface area contributed by atoms with Crippen molar-refractivity contribution in [2.24, 2.45) is 0 Å². The maximum atomic E-state index is 11.7. The molecule has 0 aliphatic rings. The Balaban J connectivity index is 1.49. The molecule has 5 rings (SSSR count). The van der Waals surface area contributed by atoms with E-state index in [1.807, 2.05) is 48.8 Å². The molecule has 3 aromatic carbocycles. The van der Waals surface area contributed by atoms with E-state index < -0.39 is 0 Å². The van der Waals surface area contributed by atoms with Crippen molar-refractivity contribution < 1.29 is 19.1 Å². The number of rotatable bonds is 4. The number of nitrogens with zero attached hydrogens (tertiary/aromatic N) is 2. The van der Waals surface area contributed by atoms with Gasteiger partial charge in [-0.1, -0.05) is 36.4 Å². The molecule has 0 aliphatic carbocycles. The third-order valence-corrected chi connectivity index (χ3v) is 5.78. The fraction of sp³-hybridized carbons (Fsp3) is 0.0714. The zero-order valence-electron chi connectivity index (χ0n) is 18.6. The lowest BCUT2D eigenvalue weighted by molar-refractivity contribution is 0.0592. The number of aromatic nitrogens is 2. The van der Waals surface area contributed by atoms with Crippen LogP contribution < -0.4 is 0 Å². The number of hydrogen-bond donors (Lipinski definition) is 0. The van der Waals surface area contributed by atoms with Crippen molar-refractivity contribution in [3.05, 3.63) is 96.3 Å². The monoisotopic (exact) mass is 448 g/mol. The highest BCUT2D eigenvalue weighted by Gasteiger charge is 2.10. The van der Waals surface area contributed by atoms with Gasteiger partial charge in [0.2, 0.25) is 0 Å². The van der Waals surface area contributed by atoms with Gasteiger partial charge < -0.3 is 9.47 Å². The van der Waals surface area contributed by atoms with Crippen molar-refractivity contribution in [1.82, 2.24) is 9.97 Å². The number of benzene rings is 3. The number of esters is 2. The number of hydrogen-bond acceptors (Lipinski definition) is 6. The van der Waals surface area contributed by atoms with Crippen LogP contribution in [0.2, 0.25) is 0 Å². The molecule has 5 aromatic rings. The first kappa shape index (κ1) is 21.3. The predicted octanol–water partition coefficient (Wildman–Crippen LogP) is 5.69. The molecule has 0 unspecified atom stereocenters. The summed E-state index contributed by atoms with van der Waals surface area (Å²) in [5, 5.41) is 1.95. The minimum Gasteiger partial charge on any atom is -0.465 e. The van der Waals surface area contributed by atoms with E-state index in [0.717, 1.165) is 44.1 Å². The maximum Gasteiger partial charge on any atom is 0.337 e. The zero-order chi connectivity index (χ0) is 23.7. The van der Waals surface area contributed by atoms with Crippen LogP contribution in [0.4, 0.5) is 0 Å². The fourth-order valence-corrected chi connectivity index (χ4v) is 3.94. The quantitative estimate of drug-likeness (QED) is 0.260. The standard InChI is InChI=1S/C28H20N2O4/c1-33-27(31)19-7-3-17(4-8-19)23-13-21-11-12-22-14-24(16-30-26(22)25(21)29-15-23)18-5-9-20(10-6-18)28(32)34-2/h3-16H,1-2H3. The summed E-state index contributed by atoms with van der Waals surface area (Å²) in [6.45, 7) is 0. The van der Waals surface area contributed by atoms with Gasteiger partial charge in [-0.3, -0.25) is 9.97 Å². The number of methoxy groups -OCH3 is 2. The Morgan fingerprint density at radius 3 is 1.29 bits per heavy atom. The van der Waals surface area contributed by atoms with Gasteiger partial charge in [-0.25, -0.2) is 9.59 Å². The second-order valence-corrected chi connectivity index (χ2v) is 7.79. The second kappa shape index (κ2) is 8.75. The summed E-state index contributed by atoms with van der Waals surface area (Å²) in [5.74, 6) is -0.723. The molecule has 0 N–H and O–H groups in total. The van der Waals surface area contributed by atoms with E-state index in [1.165, 1.54) is 14.2 Å². The molecular formula is C28H20N2O4. The van der Waals surface area contributed by atoms with Gasteiger partial charge in [-0.05, 0) is 47.5 Å². The van der Waals surface area contributed by atoms with Gasteiger partial charge in [0.15, 0.2) is 0 Å². The Morgan fingerprint density at radius 1 is 0.559 bits per heavy atom. The third-order valence-electron chi connectivity index (χ3n) is 5.78. The molecule has 0 spiro atoms. The molecule has 2 aromatic heterocycles. The predicted molar refractivity (Wildman–Crippen MR) is 131 cm³/mol. The normalized spacial score (nSPS) is 10.9. The Bertz CT molecular complexity index is 1420. The van der Waals surface area contributed by atoms with E-state index in [9.17, 15) is 9.59 Å². The highest BCUT2D eigenvalue weighted by molar-refractivity contribution is 6.04. The molecule has 0 saturated carbocycles. The summed E-state index contributed by atoms with van der Waals surface area (Å²) in [7, 11) is 2.73. The first-order valence-corrected chi connectivity index (χ1v) is 10.6. The lowest BCUT2D eigenvalue weighted by Crippen LogP contribution is -2.00. The number of carbonyl (C=O) groups is 2. The van der Waals surface area contributed by atoms with Crippen LogP contribution in [-0.2, 0) is 9.47 Å². The van der Waals surface area contributed by atoms with E-state index in [1.54, 1.807) is 24.3 Å². The molecule has 0 fully saturated rings. The first-order valence-electron chi connectivity index (χ1n) is 10.6. The summed E-state index contributed by atoms with van der Waals surface area (Å²) in [6, 6.07) is 22.7. The molecule has 34 heavy (non-hydrogen) atoms. The molecule has 0 aliphatic heterocycles. The van der Waals surface area contributed by atoms with Crippen molar-refractivity contribution in [1.29, 1.82) is 0 Å². The van der Waals surface area contributed by atoms with Gasteiger partial charge in [0.05, 0.1) is 36.4 Å². The lowest BCUT2D eigenvalue weighted by atomic mass is 10.0. The average molecular weight is 448 g/mol. The molecule has 0 saturated heterocycles. The number of fused-ring (bicyclic) bond motifs is 3. The molecule has 0 amide bonds. The summed E-state index contributed by atoms with van der Waals surface area (Å²) >= 11 is 0. The molecular weight excluding hydrogens is 428 g/mol. The lowest BCUT2D eigenvalue weighted by Gasteiger charge is -2.08. The van der Waals surface area contributed by atoms with E-state index in [-0.39, 0.29) is 11.9 Å². The number of ether oxygens (including phenoxy) is 2. The molecule has 6 heteroatoms. The van der Waals surface area contributed by atoms with Gasteiger partial charge in [0.1, 0.15) is 0 Å². The van der Waals surface area contributed by atoms with Gasteiger partial charge in [0, 0.05) is 34.3 Å². The van der Waals surface area contributed by atoms with Crippen molar-refractivity contribution in [3.8, 4) is 22.3 Å². The summed E-state index contributed by atoms with van der Waals surface area (Å²) in [5.41, 5.74) is 6.47. The van der Waals surface area contributed by atoms with Gasteiger partial charge >= 0.3 is 11.9 Å². The van der Waals surface area contributed by atoms with E-state index in [2.05, 4.69) is 12.1 Å². The second-order valence-electron chi connectivity index (χ2n) is 7.79. The van der Waals surface area contributed by atoms with Crippen molar-refractivity contribution >= 4 is 33.7 Å². The van der Waals surface area contributed by atoms with Crippen LogP contribution in [0, 0.1) is 0 Å². The van der Waals surface area contributed by atoms with E-state index in [0.29, 0.717) is 11.1 Å². The highest BCUT2D eigenvalue weighted by Crippen LogP contribution is 2.29. The van der Waals surface area contributed by atoms with Crippen molar-refractivity contribution in [2.45, 2.75) is 0 Å². The van der Waals surface area contributed by atoms with Crippen molar-refractivity contribution in [2.75, 3.05) is 14.2 Å². The molecule has 166 valence electrons. The zero-order valence-corrected chi connectivity index (χ0v) is 18.6. The van der Waals surface area contributed by atoms with Crippen LogP contribution in [0.1, 0.15) is 20.7 Å². The summed E-state index contributed by atoms with van der Waals surface area (Å²) in [4.78, 5) is 32.7. The average Bonchev–Trinajstić information content (AvgIpc) is 2.91. The van der Waals surface area contributed by atoms with Crippen LogP contribution in [0.15, 0.2) is 85.2 Å². The minimum atomic E-state index is -0.362. The molecule has 6 nitrogen and oxygen atoms in total. The van der Waals surface area contributed by atoms with Crippen LogP contribution >= 0.6 is 0 Å². The third kappa shape index (κ3) is 3.86. The first-order chi connectivity index (χ1) is 16.6. The highest BCUT2D eigenvalue weighted by atomic mass is 16.5. The van der Waals surface area contributed by atoms with E-state index in [4.69, 9.17) is 19.4 Å². The number of pyridine rings is 2. The molecule has 0 radical (unpaired) electrons. The summed E-state index contributed by atoms with van der Waals surface area (Å²) < 4.78 is 9.52. The number of carbonyl (C=O) groups excluding carboxylic acids is 2.